The Balaban J connectivity index is 1.61. The molecule has 0 bridgehead atoms. The second kappa shape index (κ2) is 8.29. The number of rotatable bonds is 7. The van der Waals surface area contributed by atoms with Gasteiger partial charge in [0.2, 0.25) is 0 Å². The molecule has 6 heteroatoms. The first-order valence-corrected chi connectivity index (χ1v) is 8.60. The van der Waals surface area contributed by atoms with Crippen molar-refractivity contribution in [2.45, 2.75) is 19.9 Å². The highest BCUT2D eigenvalue weighted by molar-refractivity contribution is 5.93. The molecule has 26 heavy (non-hydrogen) atoms. The van der Waals surface area contributed by atoms with Crippen molar-refractivity contribution in [3.63, 3.8) is 0 Å². The molecule has 1 atom stereocenters. The monoisotopic (exact) mass is 350 g/mol. The molecule has 3 aromatic rings. The van der Waals surface area contributed by atoms with E-state index in [0.29, 0.717) is 18.2 Å². The number of aromatic nitrogens is 2. The van der Waals surface area contributed by atoms with Crippen molar-refractivity contribution in [3.8, 4) is 11.3 Å². The van der Waals surface area contributed by atoms with Gasteiger partial charge in [-0.25, -0.2) is 0 Å². The number of hydrogen-bond acceptors (Lipinski definition) is 5. The maximum absolute atomic E-state index is 12.4. The maximum atomic E-state index is 12.4. The van der Waals surface area contributed by atoms with Gasteiger partial charge in [0.25, 0.3) is 5.91 Å². The zero-order valence-corrected chi connectivity index (χ0v) is 14.8. The van der Waals surface area contributed by atoms with Gasteiger partial charge < -0.3 is 15.2 Å². The summed E-state index contributed by atoms with van der Waals surface area (Å²) in [6.07, 6.45) is 3.35. The second-order valence-electron chi connectivity index (χ2n) is 6.39. The third-order valence-corrected chi connectivity index (χ3v) is 4.10. The molecule has 1 amide bonds. The summed E-state index contributed by atoms with van der Waals surface area (Å²) in [7, 11) is 0. The lowest BCUT2D eigenvalue weighted by Crippen LogP contribution is -2.39. The average molecular weight is 350 g/mol. The van der Waals surface area contributed by atoms with Gasteiger partial charge in [0, 0.05) is 42.3 Å². The Kier molecular flexibility index (Phi) is 5.63. The van der Waals surface area contributed by atoms with E-state index in [1.165, 1.54) is 0 Å². The molecule has 3 rings (SSSR count). The van der Waals surface area contributed by atoms with E-state index in [-0.39, 0.29) is 17.6 Å². The number of nitrogens with one attached hydrogen (secondary N) is 2. The molecule has 0 aliphatic heterocycles. The zero-order valence-electron chi connectivity index (χ0n) is 14.8. The normalized spacial score (nSPS) is 12.0. The SMILES string of the molecule is CC(C)[C@H](CNC(=O)c1cc(-c2cccnc2)on1)Nc1ccccc1. The first-order valence-electron chi connectivity index (χ1n) is 8.60. The number of benzene rings is 1. The van der Waals surface area contributed by atoms with E-state index in [4.69, 9.17) is 4.52 Å². The van der Waals surface area contributed by atoms with E-state index in [2.05, 4.69) is 34.6 Å². The maximum Gasteiger partial charge on any atom is 0.273 e. The molecule has 0 aliphatic carbocycles. The van der Waals surface area contributed by atoms with Crippen LogP contribution in [0.5, 0.6) is 0 Å². The summed E-state index contributed by atoms with van der Waals surface area (Å²) in [4.78, 5) is 16.4. The Labute approximate surface area is 152 Å². The fourth-order valence-corrected chi connectivity index (χ4v) is 2.52. The van der Waals surface area contributed by atoms with Crippen LogP contribution in [0.25, 0.3) is 11.3 Å². The van der Waals surface area contributed by atoms with Crippen LogP contribution in [0.1, 0.15) is 24.3 Å². The van der Waals surface area contributed by atoms with Gasteiger partial charge in [-0.1, -0.05) is 37.2 Å². The summed E-state index contributed by atoms with van der Waals surface area (Å²) < 4.78 is 5.26. The number of pyridine rings is 1. The van der Waals surface area contributed by atoms with Gasteiger partial charge in [0.15, 0.2) is 11.5 Å². The van der Waals surface area contributed by atoms with E-state index < -0.39 is 0 Å². The van der Waals surface area contributed by atoms with Gasteiger partial charge in [-0.15, -0.1) is 0 Å². The highest BCUT2D eigenvalue weighted by Gasteiger charge is 2.18. The van der Waals surface area contributed by atoms with Gasteiger partial charge >= 0.3 is 0 Å². The van der Waals surface area contributed by atoms with Crippen LogP contribution in [-0.4, -0.2) is 28.6 Å². The molecule has 0 radical (unpaired) electrons. The van der Waals surface area contributed by atoms with Gasteiger partial charge in [0.05, 0.1) is 0 Å². The van der Waals surface area contributed by atoms with Crippen molar-refractivity contribution in [2.75, 3.05) is 11.9 Å². The molecule has 0 unspecified atom stereocenters. The van der Waals surface area contributed by atoms with E-state index in [1.807, 2.05) is 36.4 Å². The summed E-state index contributed by atoms with van der Waals surface area (Å²) in [6.45, 7) is 4.72. The number of carbonyl (C=O) groups excluding carboxylic acids is 1. The van der Waals surface area contributed by atoms with Gasteiger partial charge in [-0.05, 0) is 30.2 Å². The average Bonchev–Trinajstić information content (AvgIpc) is 3.16. The summed E-state index contributed by atoms with van der Waals surface area (Å²) in [5, 5.41) is 10.2. The van der Waals surface area contributed by atoms with Gasteiger partial charge in [0.1, 0.15) is 0 Å². The summed E-state index contributed by atoms with van der Waals surface area (Å²) in [5.41, 5.74) is 2.07. The molecular weight excluding hydrogens is 328 g/mol. The number of carbonyl (C=O) groups is 1. The predicted octanol–water partition coefficient (Wildman–Crippen LogP) is 3.60. The van der Waals surface area contributed by atoms with E-state index >= 15 is 0 Å². The third kappa shape index (κ3) is 4.47. The quantitative estimate of drug-likeness (QED) is 0.680. The first-order chi connectivity index (χ1) is 12.6. The Bertz CT molecular complexity index is 831. The Hall–Kier alpha value is -3.15. The highest BCUT2D eigenvalue weighted by atomic mass is 16.5. The van der Waals surface area contributed by atoms with Crippen LogP contribution in [0, 0.1) is 5.92 Å². The fourth-order valence-electron chi connectivity index (χ4n) is 2.52. The van der Waals surface area contributed by atoms with Crippen LogP contribution in [0.2, 0.25) is 0 Å². The van der Waals surface area contributed by atoms with E-state index in [1.54, 1.807) is 24.5 Å². The molecule has 1 aromatic carbocycles. The Morgan fingerprint density at radius 3 is 2.65 bits per heavy atom. The van der Waals surface area contributed by atoms with Crippen LogP contribution < -0.4 is 10.6 Å². The topological polar surface area (TPSA) is 80.1 Å². The lowest BCUT2D eigenvalue weighted by Gasteiger charge is -2.23. The number of nitrogens with zero attached hydrogens (tertiary/aromatic N) is 2. The minimum Gasteiger partial charge on any atom is -0.380 e. The molecule has 2 aromatic heterocycles. The minimum atomic E-state index is -0.260. The molecule has 2 heterocycles. The summed E-state index contributed by atoms with van der Waals surface area (Å²) in [6, 6.07) is 15.3. The fraction of sp³-hybridized carbons (Fsp3) is 0.250. The third-order valence-electron chi connectivity index (χ3n) is 4.10. The molecule has 0 aliphatic rings. The Morgan fingerprint density at radius 2 is 1.96 bits per heavy atom. The van der Waals surface area contributed by atoms with E-state index in [0.717, 1.165) is 11.3 Å². The van der Waals surface area contributed by atoms with Crippen LogP contribution in [-0.2, 0) is 0 Å². The molecule has 134 valence electrons. The van der Waals surface area contributed by atoms with Crippen LogP contribution in [0.4, 0.5) is 5.69 Å². The first kappa shape index (κ1) is 17.7. The predicted molar refractivity (Wildman–Crippen MR) is 101 cm³/mol. The van der Waals surface area contributed by atoms with Crippen molar-refractivity contribution in [1.82, 2.24) is 15.5 Å². The largest absolute Gasteiger partial charge is 0.380 e. The number of anilines is 1. The lowest BCUT2D eigenvalue weighted by molar-refractivity contribution is 0.0941. The molecule has 0 fully saturated rings. The molecule has 6 nitrogen and oxygen atoms in total. The number of hydrogen-bond donors (Lipinski definition) is 2. The van der Waals surface area contributed by atoms with Gasteiger partial charge in [-0.2, -0.15) is 0 Å². The minimum absolute atomic E-state index is 0.103. The van der Waals surface area contributed by atoms with Crippen LogP contribution in [0.3, 0.4) is 0 Å². The lowest BCUT2D eigenvalue weighted by atomic mass is 10.0. The van der Waals surface area contributed by atoms with Crippen molar-refractivity contribution >= 4 is 11.6 Å². The molecular formula is C20H22N4O2. The summed E-state index contributed by atoms with van der Waals surface area (Å²) >= 11 is 0. The Morgan fingerprint density at radius 1 is 1.15 bits per heavy atom. The standard InChI is InChI=1S/C20H22N4O2/c1-14(2)18(23-16-8-4-3-5-9-16)13-22-20(25)17-11-19(26-24-17)15-7-6-10-21-12-15/h3-12,14,18,23H,13H2,1-2H3,(H,22,25)/t18-/m0/s1. The smallest absolute Gasteiger partial charge is 0.273 e. The number of para-hydroxylation sites is 1. The molecule has 0 saturated carbocycles. The van der Waals surface area contributed by atoms with Crippen molar-refractivity contribution in [3.05, 3.63) is 66.6 Å². The van der Waals surface area contributed by atoms with E-state index in [9.17, 15) is 4.79 Å². The zero-order chi connectivity index (χ0) is 18.4. The van der Waals surface area contributed by atoms with Crippen LogP contribution in [0.15, 0.2) is 65.4 Å². The molecule has 2 N–H and O–H groups in total. The number of amides is 1. The van der Waals surface area contributed by atoms with Crippen molar-refractivity contribution < 1.29 is 9.32 Å². The second-order valence-corrected chi connectivity index (χ2v) is 6.39. The van der Waals surface area contributed by atoms with Crippen LogP contribution >= 0.6 is 0 Å². The highest BCUT2D eigenvalue weighted by Crippen LogP contribution is 2.19. The van der Waals surface area contributed by atoms with Gasteiger partial charge in [-0.3, -0.25) is 9.78 Å². The molecule has 0 spiro atoms. The van der Waals surface area contributed by atoms with Crippen molar-refractivity contribution in [2.24, 2.45) is 5.92 Å². The summed E-state index contributed by atoms with van der Waals surface area (Å²) in [5.74, 6) is 0.606. The van der Waals surface area contributed by atoms with Crippen molar-refractivity contribution in [1.29, 1.82) is 0 Å². The molecule has 0 saturated heterocycles.